The summed E-state index contributed by atoms with van der Waals surface area (Å²) >= 11 is 0. The number of halogens is 1. The Morgan fingerprint density at radius 2 is 1.83 bits per heavy atom. The number of methoxy groups -OCH3 is 1. The van der Waals surface area contributed by atoms with E-state index in [9.17, 15) is 14.0 Å². The number of carbonyl (C=O) groups is 2. The molecule has 1 heterocycles. The van der Waals surface area contributed by atoms with Crippen molar-refractivity contribution in [2.24, 2.45) is 23.7 Å². The maximum Gasteiger partial charge on any atom is 0.411 e. The first-order valence-electron chi connectivity index (χ1n) is 8.28. The van der Waals surface area contributed by atoms with Gasteiger partial charge in [0, 0.05) is 12.5 Å². The van der Waals surface area contributed by atoms with E-state index in [0.29, 0.717) is 13.0 Å². The van der Waals surface area contributed by atoms with Gasteiger partial charge in [0.05, 0.1) is 7.11 Å². The average molecular weight is 329 g/mol. The third-order valence-corrected chi connectivity index (χ3v) is 5.18. The van der Waals surface area contributed by atoms with E-state index < -0.39 is 29.9 Å². The predicted molar refractivity (Wildman–Crippen MR) is 83.6 cm³/mol. The Labute approximate surface area is 137 Å². The van der Waals surface area contributed by atoms with Crippen LogP contribution in [0.3, 0.4) is 0 Å². The minimum Gasteiger partial charge on any atom is -0.467 e. The van der Waals surface area contributed by atoms with E-state index in [1.54, 1.807) is 20.8 Å². The van der Waals surface area contributed by atoms with Crippen LogP contribution in [0.25, 0.3) is 0 Å². The largest absolute Gasteiger partial charge is 0.467 e. The van der Waals surface area contributed by atoms with Gasteiger partial charge in [0.15, 0.2) is 0 Å². The minimum atomic E-state index is -0.961. The Hall–Kier alpha value is -1.33. The van der Waals surface area contributed by atoms with Gasteiger partial charge in [-0.25, -0.2) is 14.0 Å². The second-order valence-corrected chi connectivity index (χ2v) is 7.93. The summed E-state index contributed by atoms with van der Waals surface area (Å²) in [7, 11) is 1.30. The van der Waals surface area contributed by atoms with Crippen molar-refractivity contribution in [3.63, 3.8) is 0 Å². The lowest BCUT2D eigenvalue weighted by Gasteiger charge is -2.39. The number of likely N-dealkylation sites (tertiary alicyclic amines) is 1. The fraction of sp³-hybridized carbons (Fsp3) is 0.882. The first kappa shape index (κ1) is 18.0. The summed E-state index contributed by atoms with van der Waals surface area (Å²) in [4.78, 5) is 26.3. The van der Waals surface area contributed by atoms with Gasteiger partial charge in [0.2, 0.25) is 0 Å². The number of nitrogens with zero attached hydrogens (tertiary/aromatic N) is 1. The maximum atomic E-state index is 14.3. The first-order chi connectivity index (χ1) is 10.6. The highest BCUT2D eigenvalue weighted by molar-refractivity contribution is 5.82. The number of hydrogen-bond donors (Lipinski definition) is 0. The molecule has 1 amide bonds. The lowest BCUT2D eigenvalue weighted by atomic mass is 9.66. The number of alkyl halides is 1. The molecule has 6 atom stereocenters. The van der Waals surface area contributed by atoms with Crippen molar-refractivity contribution in [3.05, 3.63) is 0 Å². The zero-order chi connectivity index (χ0) is 17.5. The molecule has 0 aromatic rings. The summed E-state index contributed by atoms with van der Waals surface area (Å²) in [6, 6.07) is -0.768. The third kappa shape index (κ3) is 3.45. The molecule has 23 heavy (non-hydrogen) atoms. The van der Waals surface area contributed by atoms with Crippen molar-refractivity contribution >= 4 is 12.1 Å². The Morgan fingerprint density at radius 1 is 1.22 bits per heavy atom. The highest BCUT2D eigenvalue weighted by Crippen LogP contribution is 2.48. The molecule has 0 unspecified atom stereocenters. The van der Waals surface area contributed by atoms with Crippen molar-refractivity contribution in [2.75, 3.05) is 13.7 Å². The van der Waals surface area contributed by atoms with Crippen LogP contribution in [-0.2, 0) is 14.3 Å². The predicted octanol–water partition coefficient (Wildman–Crippen LogP) is 3.03. The van der Waals surface area contributed by atoms with E-state index in [1.165, 1.54) is 12.0 Å². The molecule has 6 heteroatoms. The van der Waals surface area contributed by atoms with Crippen LogP contribution in [0.4, 0.5) is 9.18 Å². The van der Waals surface area contributed by atoms with Gasteiger partial charge in [-0.05, 0) is 44.9 Å². The quantitative estimate of drug-likeness (QED) is 0.694. The summed E-state index contributed by atoms with van der Waals surface area (Å²) in [5.74, 6) is -0.794. The van der Waals surface area contributed by atoms with Crippen molar-refractivity contribution in [3.8, 4) is 0 Å². The van der Waals surface area contributed by atoms with Gasteiger partial charge in [-0.1, -0.05) is 13.8 Å². The van der Waals surface area contributed by atoms with E-state index in [0.717, 1.165) is 0 Å². The Bertz CT molecular complexity index is 476. The van der Waals surface area contributed by atoms with Crippen LogP contribution in [0.1, 0.15) is 41.0 Å². The number of amides is 1. The number of hydrogen-bond acceptors (Lipinski definition) is 4. The second-order valence-electron chi connectivity index (χ2n) is 7.93. The Balaban J connectivity index is 2.32. The van der Waals surface area contributed by atoms with Crippen molar-refractivity contribution in [2.45, 2.75) is 58.9 Å². The lowest BCUT2D eigenvalue weighted by molar-refractivity contribution is -0.148. The molecule has 0 radical (unpaired) electrons. The molecule has 0 aromatic heterocycles. The van der Waals surface area contributed by atoms with Crippen molar-refractivity contribution < 1.29 is 23.5 Å². The molecule has 2 fully saturated rings. The van der Waals surface area contributed by atoms with Crippen LogP contribution in [0.5, 0.6) is 0 Å². The SMILES string of the molecule is COC(=O)[C@@H]1[C@H]2[C@H](C)[C@H](F)C[C@H](C)[C@H]2CN1C(=O)OC(C)(C)C. The number of carbonyl (C=O) groups excluding carboxylic acids is 2. The van der Waals surface area contributed by atoms with Gasteiger partial charge in [-0.3, -0.25) is 4.90 Å². The topological polar surface area (TPSA) is 55.8 Å². The summed E-state index contributed by atoms with van der Waals surface area (Å²) in [6.45, 7) is 9.57. The summed E-state index contributed by atoms with van der Waals surface area (Å²) in [6.07, 6.45) is -1.02. The van der Waals surface area contributed by atoms with Crippen LogP contribution in [0.15, 0.2) is 0 Å². The van der Waals surface area contributed by atoms with Gasteiger partial charge < -0.3 is 9.47 Å². The monoisotopic (exact) mass is 329 g/mol. The van der Waals surface area contributed by atoms with Crippen LogP contribution in [0.2, 0.25) is 0 Å². The molecular formula is C17H28FNO4. The molecule has 0 spiro atoms. The van der Waals surface area contributed by atoms with E-state index in [-0.39, 0.29) is 23.7 Å². The molecule has 5 nitrogen and oxygen atoms in total. The van der Waals surface area contributed by atoms with Gasteiger partial charge in [0.1, 0.15) is 17.8 Å². The standard InChI is InChI=1S/C17H28FNO4/c1-9-7-12(18)10(2)13-11(9)8-19(14(13)15(20)22-6)16(21)23-17(3,4)5/h9-14H,7-8H2,1-6H3/t9-,10+,11+,12+,13-,14-/m0/s1. The Kier molecular flexibility index (Phi) is 4.92. The van der Waals surface area contributed by atoms with Gasteiger partial charge in [0.25, 0.3) is 0 Å². The molecule has 0 bridgehead atoms. The smallest absolute Gasteiger partial charge is 0.411 e. The van der Waals surface area contributed by atoms with Crippen LogP contribution < -0.4 is 0 Å². The summed E-state index contributed by atoms with van der Waals surface area (Å²) in [5.41, 5.74) is -0.647. The normalized spacial score (nSPS) is 37.3. The van der Waals surface area contributed by atoms with Crippen molar-refractivity contribution in [1.29, 1.82) is 0 Å². The molecule has 0 aromatic carbocycles. The number of fused-ring (bicyclic) bond motifs is 1. The molecule has 1 saturated carbocycles. The molecule has 2 rings (SSSR count). The minimum absolute atomic E-state index is 0.0913. The Morgan fingerprint density at radius 3 is 2.35 bits per heavy atom. The molecule has 1 aliphatic carbocycles. The number of rotatable bonds is 1. The summed E-state index contributed by atoms with van der Waals surface area (Å²) < 4.78 is 24.7. The zero-order valence-electron chi connectivity index (χ0n) is 14.8. The highest BCUT2D eigenvalue weighted by Gasteiger charge is 2.56. The zero-order valence-corrected chi connectivity index (χ0v) is 14.8. The maximum absolute atomic E-state index is 14.3. The fourth-order valence-electron chi connectivity index (χ4n) is 4.04. The molecule has 1 aliphatic heterocycles. The average Bonchev–Trinajstić information content (AvgIpc) is 2.83. The van der Waals surface area contributed by atoms with Gasteiger partial charge in [-0.2, -0.15) is 0 Å². The van der Waals surface area contributed by atoms with Crippen molar-refractivity contribution in [1.82, 2.24) is 4.90 Å². The first-order valence-corrected chi connectivity index (χ1v) is 8.28. The van der Waals surface area contributed by atoms with E-state index in [4.69, 9.17) is 9.47 Å². The molecule has 1 saturated heterocycles. The molecule has 2 aliphatic rings. The molecule has 0 N–H and O–H groups in total. The second kappa shape index (κ2) is 6.29. The summed E-state index contributed by atoms with van der Waals surface area (Å²) in [5, 5.41) is 0. The number of esters is 1. The van der Waals surface area contributed by atoms with Crippen LogP contribution in [-0.4, -0.2) is 48.4 Å². The van der Waals surface area contributed by atoms with Crippen LogP contribution in [0, 0.1) is 23.7 Å². The van der Waals surface area contributed by atoms with Gasteiger partial charge in [-0.15, -0.1) is 0 Å². The van der Waals surface area contributed by atoms with E-state index >= 15 is 0 Å². The van der Waals surface area contributed by atoms with E-state index in [1.807, 2.05) is 13.8 Å². The third-order valence-electron chi connectivity index (χ3n) is 5.18. The van der Waals surface area contributed by atoms with Gasteiger partial charge >= 0.3 is 12.1 Å². The lowest BCUT2D eigenvalue weighted by Crippen LogP contribution is -2.49. The number of ether oxygens (including phenoxy) is 2. The van der Waals surface area contributed by atoms with E-state index in [2.05, 4.69) is 0 Å². The highest BCUT2D eigenvalue weighted by atomic mass is 19.1. The molecule has 132 valence electrons. The fourth-order valence-corrected chi connectivity index (χ4v) is 4.04. The molecular weight excluding hydrogens is 301 g/mol. The van der Waals surface area contributed by atoms with Crippen LogP contribution >= 0.6 is 0 Å².